The molecule has 0 aromatic heterocycles. The molecule has 2 N–H and O–H groups in total. The number of anilines is 1. The maximum absolute atomic E-state index is 12.7. The van der Waals surface area contributed by atoms with Crippen molar-refractivity contribution in [1.29, 1.82) is 0 Å². The highest BCUT2D eigenvalue weighted by atomic mass is 32.2. The molecule has 11 heteroatoms. The number of alkyl halides is 3. The number of fused-ring (bicyclic) bond motifs is 1. The zero-order valence-corrected chi connectivity index (χ0v) is 16.8. The lowest BCUT2D eigenvalue weighted by atomic mass is 10.1. The molecule has 164 valence electrons. The summed E-state index contributed by atoms with van der Waals surface area (Å²) in [5.41, 5.74) is -1.89. The molecule has 0 radical (unpaired) electrons. The summed E-state index contributed by atoms with van der Waals surface area (Å²) in [5.74, 6) is 0. The Hall–Kier alpha value is -3.18. The predicted octanol–water partition coefficient (Wildman–Crippen LogP) is 4.55. The van der Waals surface area contributed by atoms with E-state index in [4.69, 9.17) is 0 Å². The molecule has 0 bridgehead atoms. The van der Waals surface area contributed by atoms with E-state index in [0.717, 1.165) is 22.9 Å². The van der Waals surface area contributed by atoms with Crippen molar-refractivity contribution in [3.63, 3.8) is 0 Å². The van der Waals surface area contributed by atoms with Gasteiger partial charge in [-0.1, -0.05) is 30.3 Å². The molecule has 0 fully saturated rings. The van der Waals surface area contributed by atoms with Gasteiger partial charge in [-0.3, -0.25) is 10.1 Å². The minimum atomic E-state index is -4.69. The lowest BCUT2D eigenvalue weighted by Gasteiger charge is -2.11. The maximum Gasteiger partial charge on any atom is 0.416 e. The van der Waals surface area contributed by atoms with Crippen molar-refractivity contribution in [2.75, 3.05) is 18.4 Å². The summed E-state index contributed by atoms with van der Waals surface area (Å²) in [4.78, 5) is 10.3. The minimum absolute atomic E-state index is 0.0383. The molecule has 3 aromatic carbocycles. The number of halogens is 3. The summed E-state index contributed by atoms with van der Waals surface area (Å²) >= 11 is 0. The number of sulfonamides is 1. The van der Waals surface area contributed by atoms with Gasteiger partial charge >= 0.3 is 6.18 Å². The van der Waals surface area contributed by atoms with Crippen molar-refractivity contribution in [2.24, 2.45) is 0 Å². The first kappa shape index (κ1) is 22.5. The summed E-state index contributed by atoms with van der Waals surface area (Å²) in [7, 11) is -3.75. The molecule has 0 amide bonds. The first-order valence-corrected chi connectivity index (χ1v) is 10.6. The quantitative estimate of drug-likeness (QED) is 0.296. The van der Waals surface area contributed by atoms with Crippen molar-refractivity contribution in [1.82, 2.24) is 4.72 Å². The highest BCUT2D eigenvalue weighted by molar-refractivity contribution is 7.89. The van der Waals surface area contributed by atoms with Gasteiger partial charge in [0.15, 0.2) is 0 Å². The van der Waals surface area contributed by atoms with E-state index >= 15 is 0 Å². The van der Waals surface area contributed by atoms with E-state index < -0.39 is 32.4 Å². The number of nitro benzene ring substituents is 1. The molecule has 0 spiro atoms. The number of benzene rings is 3. The number of nitrogens with one attached hydrogen (secondary N) is 2. The summed E-state index contributed by atoms with van der Waals surface area (Å²) in [6.45, 7) is 0.156. The molecule has 3 aromatic rings. The second kappa shape index (κ2) is 8.90. The fourth-order valence-corrected chi connectivity index (χ4v) is 4.05. The number of rotatable bonds is 8. The van der Waals surface area contributed by atoms with E-state index in [-0.39, 0.29) is 30.1 Å². The summed E-state index contributed by atoms with van der Waals surface area (Å²) in [6, 6.07) is 14.3. The van der Waals surface area contributed by atoms with E-state index in [0.29, 0.717) is 6.07 Å². The average molecular weight is 453 g/mol. The molecule has 0 heterocycles. The van der Waals surface area contributed by atoms with Gasteiger partial charge < -0.3 is 5.32 Å². The highest BCUT2D eigenvalue weighted by Gasteiger charge is 2.33. The molecule has 0 atom stereocenters. The second-order valence-corrected chi connectivity index (χ2v) is 8.44. The van der Waals surface area contributed by atoms with Crippen LogP contribution in [0.4, 0.5) is 24.5 Å². The zero-order valence-electron chi connectivity index (χ0n) is 16.0. The normalized spacial score (nSPS) is 12.1. The lowest BCUT2D eigenvalue weighted by molar-refractivity contribution is -0.384. The Morgan fingerprint density at radius 3 is 2.32 bits per heavy atom. The highest BCUT2D eigenvalue weighted by Crippen LogP contribution is 2.34. The molecule has 0 aliphatic heterocycles. The molecule has 3 rings (SSSR count). The third-order valence-electron chi connectivity index (χ3n) is 4.51. The van der Waals surface area contributed by atoms with Crippen molar-refractivity contribution >= 4 is 32.2 Å². The Balaban J connectivity index is 1.58. The first-order chi connectivity index (χ1) is 14.6. The van der Waals surface area contributed by atoms with Crippen LogP contribution in [-0.2, 0) is 16.2 Å². The Morgan fingerprint density at radius 2 is 1.65 bits per heavy atom. The predicted molar refractivity (Wildman–Crippen MR) is 110 cm³/mol. The fraction of sp³-hybridized carbons (Fsp3) is 0.200. The maximum atomic E-state index is 12.7. The van der Waals surface area contributed by atoms with E-state index in [1.165, 1.54) is 6.07 Å². The van der Waals surface area contributed by atoms with Crippen molar-refractivity contribution in [3.8, 4) is 0 Å². The van der Waals surface area contributed by atoms with Crippen LogP contribution in [-0.4, -0.2) is 26.4 Å². The third kappa shape index (κ3) is 5.50. The van der Waals surface area contributed by atoms with Crippen LogP contribution in [0.15, 0.2) is 65.6 Å². The van der Waals surface area contributed by atoms with Crippen molar-refractivity contribution in [3.05, 3.63) is 76.3 Å². The topological polar surface area (TPSA) is 101 Å². The molecule has 31 heavy (non-hydrogen) atoms. The van der Waals surface area contributed by atoms with Crippen molar-refractivity contribution < 1.29 is 26.5 Å². The summed E-state index contributed by atoms with van der Waals surface area (Å²) < 4.78 is 65.6. The molecular weight excluding hydrogens is 435 g/mol. The number of nitrogens with zero attached hydrogens (tertiary/aromatic N) is 1. The largest absolute Gasteiger partial charge is 0.416 e. The fourth-order valence-electron chi connectivity index (χ4n) is 2.94. The van der Waals surface area contributed by atoms with Gasteiger partial charge in [-0.25, -0.2) is 13.1 Å². The molecular formula is C20H18F3N3O4S. The summed E-state index contributed by atoms with van der Waals surface area (Å²) in [6.07, 6.45) is -4.44. The standard InChI is InChI=1S/C20H18F3N3O4S/c21-20(22,23)16-7-9-18(19(13-16)26(27)28)24-10-3-11-25-31(29,30)17-8-6-14-4-1-2-5-15(14)12-17/h1-2,4-9,12-13,24-25H,3,10-11H2. The van der Waals surface area contributed by atoms with Gasteiger partial charge in [0.25, 0.3) is 5.69 Å². The Labute approximate surface area is 176 Å². The van der Waals surface area contributed by atoms with Gasteiger partial charge in [0, 0.05) is 19.2 Å². The number of hydrogen-bond acceptors (Lipinski definition) is 5. The first-order valence-electron chi connectivity index (χ1n) is 9.16. The molecule has 0 saturated heterocycles. The Kier molecular flexibility index (Phi) is 6.46. The van der Waals surface area contributed by atoms with Gasteiger partial charge in [0.1, 0.15) is 5.69 Å². The van der Waals surface area contributed by atoms with Crippen LogP contribution in [0, 0.1) is 10.1 Å². The average Bonchev–Trinajstić information content (AvgIpc) is 2.72. The van der Waals surface area contributed by atoms with E-state index in [2.05, 4.69) is 10.0 Å². The van der Waals surface area contributed by atoms with Gasteiger partial charge in [0.2, 0.25) is 10.0 Å². The molecule has 0 aliphatic rings. The third-order valence-corrected chi connectivity index (χ3v) is 5.97. The van der Waals surface area contributed by atoms with Gasteiger partial charge in [-0.05, 0) is 41.5 Å². The number of hydrogen-bond donors (Lipinski definition) is 2. The SMILES string of the molecule is O=[N+]([O-])c1cc(C(F)(F)F)ccc1NCCCNS(=O)(=O)c1ccc2ccccc2c1. The van der Waals surface area contributed by atoms with Crippen LogP contribution < -0.4 is 10.0 Å². The Morgan fingerprint density at radius 1 is 0.935 bits per heavy atom. The van der Waals surface area contributed by atoms with Crippen LogP contribution in [0.25, 0.3) is 10.8 Å². The molecule has 7 nitrogen and oxygen atoms in total. The second-order valence-electron chi connectivity index (χ2n) is 6.67. The lowest BCUT2D eigenvalue weighted by Crippen LogP contribution is -2.26. The van der Waals surface area contributed by atoms with Crippen molar-refractivity contribution in [2.45, 2.75) is 17.5 Å². The molecule has 0 saturated carbocycles. The van der Waals surface area contributed by atoms with E-state index in [1.807, 2.05) is 12.1 Å². The van der Waals surface area contributed by atoms with E-state index in [1.54, 1.807) is 24.3 Å². The molecule has 0 unspecified atom stereocenters. The molecule has 0 aliphatic carbocycles. The van der Waals surface area contributed by atoms with Gasteiger partial charge in [0.05, 0.1) is 15.4 Å². The zero-order chi connectivity index (χ0) is 22.6. The minimum Gasteiger partial charge on any atom is -0.379 e. The van der Waals surface area contributed by atoms with Crippen LogP contribution in [0.5, 0.6) is 0 Å². The van der Waals surface area contributed by atoms with Crippen LogP contribution in [0.1, 0.15) is 12.0 Å². The number of nitro groups is 1. The summed E-state index contributed by atoms with van der Waals surface area (Å²) in [5, 5.41) is 15.4. The van der Waals surface area contributed by atoms with E-state index in [9.17, 15) is 31.7 Å². The van der Waals surface area contributed by atoms with Gasteiger partial charge in [-0.2, -0.15) is 13.2 Å². The smallest absolute Gasteiger partial charge is 0.379 e. The Bertz CT molecular complexity index is 1210. The van der Waals surface area contributed by atoms with Gasteiger partial charge in [-0.15, -0.1) is 0 Å². The van der Waals surface area contributed by atoms with Crippen LogP contribution >= 0.6 is 0 Å². The monoisotopic (exact) mass is 453 g/mol. The van der Waals surface area contributed by atoms with Crippen LogP contribution in [0.2, 0.25) is 0 Å². The van der Waals surface area contributed by atoms with Crippen LogP contribution in [0.3, 0.4) is 0 Å².